The second-order valence-corrected chi connectivity index (χ2v) is 4.95. The third-order valence-corrected chi connectivity index (χ3v) is 3.26. The van der Waals surface area contributed by atoms with E-state index in [1.807, 2.05) is 0 Å². The molecule has 3 nitrogen and oxygen atoms in total. The van der Waals surface area contributed by atoms with Crippen LogP contribution in [-0.4, -0.2) is 25.4 Å². The predicted molar refractivity (Wildman–Crippen MR) is 65.7 cm³/mol. The maximum atomic E-state index is 5.71. The SMILES string of the molecule is c1cc(CNC2CC2)cc(COC2COC2)c1. The van der Waals surface area contributed by atoms with E-state index in [-0.39, 0.29) is 0 Å². The van der Waals surface area contributed by atoms with E-state index < -0.39 is 0 Å². The summed E-state index contributed by atoms with van der Waals surface area (Å²) in [7, 11) is 0. The van der Waals surface area contributed by atoms with Gasteiger partial charge in [0.2, 0.25) is 0 Å². The maximum Gasteiger partial charge on any atom is 0.105 e. The Bertz CT molecular complexity index is 372. The molecule has 1 saturated carbocycles. The molecular weight excluding hydrogens is 214 g/mol. The van der Waals surface area contributed by atoms with E-state index in [1.165, 1.54) is 24.0 Å². The lowest BCUT2D eigenvalue weighted by Crippen LogP contribution is -2.35. The van der Waals surface area contributed by atoms with Crippen molar-refractivity contribution in [2.45, 2.75) is 38.1 Å². The molecule has 1 saturated heterocycles. The number of hydrogen-bond donors (Lipinski definition) is 1. The van der Waals surface area contributed by atoms with Crippen molar-refractivity contribution in [3.8, 4) is 0 Å². The summed E-state index contributed by atoms with van der Waals surface area (Å²) in [6.45, 7) is 3.18. The van der Waals surface area contributed by atoms with Gasteiger partial charge in [0.05, 0.1) is 19.8 Å². The third kappa shape index (κ3) is 3.28. The van der Waals surface area contributed by atoms with Crippen LogP contribution in [-0.2, 0) is 22.6 Å². The van der Waals surface area contributed by atoms with Gasteiger partial charge in [-0.1, -0.05) is 24.3 Å². The Morgan fingerprint density at radius 3 is 2.76 bits per heavy atom. The fourth-order valence-corrected chi connectivity index (χ4v) is 1.90. The van der Waals surface area contributed by atoms with Gasteiger partial charge in [0, 0.05) is 12.6 Å². The Kier molecular flexibility index (Phi) is 3.41. The monoisotopic (exact) mass is 233 g/mol. The molecular formula is C14H19NO2. The first kappa shape index (κ1) is 11.2. The van der Waals surface area contributed by atoms with E-state index in [1.54, 1.807) is 0 Å². The van der Waals surface area contributed by atoms with Crippen molar-refractivity contribution >= 4 is 0 Å². The van der Waals surface area contributed by atoms with Gasteiger partial charge in [-0.05, 0) is 24.0 Å². The van der Waals surface area contributed by atoms with Crippen LogP contribution < -0.4 is 5.32 Å². The number of ether oxygens (including phenoxy) is 2. The van der Waals surface area contributed by atoms with Crippen LogP contribution in [0.15, 0.2) is 24.3 Å². The summed E-state index contributed by atoms with van der Waals surface area (Å²) in [5.41, 5.74) is 2.61. The molecule has 0 spiro atoms. The Labute approximate surface area is 102 Å². The minimum atomic E-state index is 0.309. The topological polar surface area (TPSA) is 30.5 Å². The molecule has 92 valence electrons. The fraction of sp³-hybridized carbons (Fsp3) is 0.571. The summed E-state index contributed by atoms with van der Waals surface area (Å²) >= 11 is 0. The van der Waals surface area contributed by atoms with Crippen molar-refractivity contribution in [3.05, 3.63) is 35.4 Å². The average Bonchev–Trinajstić information content (AvgIpc) is 3.09. The summed E-state index contributed by atoms with van der Waals surface area (Å²) < 4.78 is 10.8. The Morgan fingerprint density at radius 2 is 2.06 bits per heavy atom. The van der Waals surface area contributed by atoms with Crippen LogP contribution in [0.25, 0.3) is 0 Å². The van der Waals surface area contributed by atoms with Gasteiger partial charge in [-0.15, -0.1) is 0 Å². The molecule has 2 aliphatic rings. The van der Waals surface area contributed by atoms with Gasteiger partial charge < -0.3 is 14.8 Å². The van der Waals surface area contributed by atoms with Gasteiger partial charge >= 0.3 is 0 Å². The lowest BCUT2D eigenvalue weighted by molar-refractivity contribution is -0.135. The van der Waals surface area contributed by atoms with E-state index >= 15 is 0 Å². The van der Waals surface area contributed by atoms with E-state index in [0.717, 1.165) is 25.8 Å². The van der Waals surface area contributed by atoms with Crippen LogP contribution in [0.5, 0.6) is 0 Å². The zero-order valence-corrected chi connectivity index (χ0v) is 10.0. The molecule has 1 N–H and O–H groups in total. The van der Waals surface area contributed by atoms with Gasteiger partial charge in [-0.25, -0.2) is 0 Å². The maximum absolute atomic E-state index is 5.71. The molecule has 1 aliphatic heterocycles. The van der Waals surface area contributed by atoms with Gasteiger partial charge in [-0.3, -0.25) is 0 Å². The van der Waals surface area contributed by atoms with Crippen molar-refractivity contribution < 1.29 is 9.47 Å². The molecule has 1 aromatic carbocycles. The first-order valence-corrected chi connectivity index (χ1v) is 6.41. The van der Waals surface area contributed by atoms with Crippen molar-refractivity contribution in [2.24, 2.45) is 0 Å². The van der Waals surface area contributed by atoms with E-state index in [4.69, 9.17) is 9.47 Å². The van der Waals surface area contributed by atoms with Crippen LogP contribution in [0, 0.1) is 0 Å². The molecule has 3 rings (SSSR count). The molecule has 1 aliphatic carbocycles. The predicted octanol–water partition coefficient (Wildman–Crippen LogP) is 1.85. The molecule has 0 radical (unpaired) electrons. The van der Waals surface area contributed by atoms with Crippen molar-refractivity contribution in [2.75, 3.05) is 13.2 Å². The molecule has 2 fully saturated rings. The first-order valence-electron chi connectivity index (χ1n) is 6.41. The fourth-order valence-electron chi connectivity index (χ4n) is 1.90. The number of benzene rings is 1. The number of hydrogen-bond acceptors (Lipinski definition) is 3. The average molecular weight is 233 g/mol. The van der Waals surface area contributed by atoms with Gasteiger partial charge in [-0.2, -0.15) is 0 Å². The van der Waals surface area contributed by atoms with E-state index in [9.17, 15) is 0 Å². The zero-order valence-electron chi connectivity index (χ0n) is 10.0. The molecule has 1 aromatic rings. The lowest BCUT2D eigenvalue weighted by atomic mass is 10.1. The van der Waals surface area contributed by atoms with Crippen LogP contribution in [0.1, 0.15) is 24.0 Å². The van der Waals surface area contributed by atoms with Gasteiger partial charge in [0.15, 0.2) is 0 Å². The summed E-state index contributed by atoms with van der Waals surface area (Å²) in [6, 6.07) is 9.40. The van der Waals surface area contributed by atoms with E-state index in [0.29, 0.717) is 12.7 Å². The summed E-state index contributed by atoms with van der Waals surface area (Å²) in [5, 5.41) is 3.53. The van der Waals surface area contributed by atoms with Crippen LogP contribution >= 0.6 is 0 Å². The normalized spacial score (nSPS) is 20.2. The zero-order chi connectivity index (χ0) is 11.5. The highest BCUT2D eigenvalue weighted by Crippen LogP contribution is 2.19. The van der Waals surface area contributed by atoms with Gasteiger partial charge in [0.1, 0.15) is 6.10 Å². The molecule has 1 heterocycles. The summed E-state index contributed by atoms with van der Waals surface area (Å²) in [6.07, 6.45) is 2.98. The Balaban J connectivity index is 1.49. The molecule has 0 unspecified atom stereocenters. The molecule has 0 amide bonds. The summed E-state index contributed by atoms with van der Waals surface area (Å²) in [5.74, 6) is 0. The van der Waals surface area contributed by atoms with Crippen molar-refractivity contribution in [3.63, 3.8) is 0 Å². The highest BCUT2D eigenvalue weighted by molar-refractivity contribution is 5.23. The standard InChI is InChI=1S/C14H19NO2/c1-2-11(7-15-13-4-5-13)6-12(3-1)8-17-14-9-16-10-14/h1-3,6,13-15H,4-5,7-10H2. The Hall–Kier alpha value is -0.900. The number of rotatable bonds is 6. The smallest absolute Gasteiger partial charge is 0.105 e. The lowest BCUT2D eigenvalue weighted by Gasteiger charge is -2.26. The van der Waals surface area contributed by atoms with Gasteiger partial charge in [0.25, 0.3) is 0 Å². The summed E-state index contributed by atoms with van der Waals surface area (Å²) in [4.78, 5) is 0. The molecule has 17 heavy (non-hydrogen) atoms. The van der Waals surface area contributed by atoms with Crippen molar-refractivity contribution in [1.82, 2.24) is 5.32 Å². The Morgan fingerprint density at radius 1 is 1.24 bits per heavy atom. The van der Waals surface area contributed by atoms with Crippen LogP contribution in [0.3, 0.4) is 0 Å². The van der Waals surface area contributed by atoms with Crippen LogP contribution in [0.4, 0.5) is 0 Å². The highest BCUT2D eigenvalue weighted by Gasteiger charge is 2.20. The van der Waals surface area contributed by atoms with Crippen LogP contribution in [0.2, 0.25) is 0 Å². The quantitative estimate of drug-likeness (QED) is 0.813. The number of nitrogens with one attached hydrogen (secondary N) is 1. The van der Waals surface area contributed by atoms with Crippen molar-refractivity contribution in [1.29, 1.82) is 0 Å². The minimum absolute atomic E-state index is 0.309. The first-order chi connectivity index (χ1) is 8.40. The molecule has 0 aromatic heterocycles. The second-order valence-electron chi connectivity index (χ2n) is 4.95. The molecule has 0 bridgehead atoms. The highest BCUT2D eigenvalue weighted by atomic mass is 16.6. The van der Waals surface area contributed by atoms with E-state index in [2.05, 4.69) is 29.6 Å². The third-order valence-electron chi connectivity index (χ3n) is 3.26. The second kappa shape index (κ2) is 5.17. The molecule has 0 atom stereocenters. The molecule has 3 heteroatoms. The largest absolute Gasteiger partial charge is 0.376 e. The minimum Gasteiger partial charge on any atom is -0.376 e.